The fourth-order valence-electron chi connectivity index (χ4n) is 2.55. The van der Waals surface area contributed by atoms with Crippen LogP contribution >= 0.6 is 0 Å². The van der Waals surface area contributed by atoms with Crippen molar-refractivity contribution in [2.24, 2.45) is 5.92 Å². The van der Waals surface area contributed by atoms with Gasteiger partial charge in [-0.25, -0.2) is 4.39 Å². The minimum absolute atomic E-state index is 0.135. The minimum atomic E-state index is -0.327. The first-order valence-electron chi connectivity index (χ1n) is 6.44. The van der Waals surface area contributed by atoms with Gasteiger partial charge in [0.05, 0.1) is 6.10 Å². The number of aliphatic hydroxyl groups is 1. The van der Waals surface area contributed by atoms with Crippen molar-refractivity contribution in [2.45, 2.75) is 32.4 Å². The number of phenolic OH excluding ortho intramolecular Hbond substituents is 1. The molecule has 0 aromatic heterocycles. The highest BCUT2D eigenvalue weighted by Gasteiger charge is 2.23. The quantitative estimate of drug-likeness (QED) is 0.867. The van der Waals surface area contributed by atoms with Crippen LogP contribution in [-0.2, 0) is 6.54 Å². The van der Waals surface area contributed by atoms with Gasteiger partial charge in [0, 0.05) is 18.7 Å². The summed E-state index contributed by atoms with van der Waals surface area (Å²) in [7, 11) is 0. The largest absolute Gasteiger partial charge is 0.508 e. The predicted molar refractivity (Wildman–Crippen MR) is 67.7 cm³/mol. The zero-order valence-electron chi connectivity index (χ0n) is 10.6. The summed E-state index contributed by atoms with van der Waals surface area (Å²) in [4.78, 5) is 2.16. The molecule has 1 aliphatic heterocycles. The number of benzene rings is 1. The summed E-state index contributed by atoms with van der Waals surface area (Å²) in [5.74, 6) is 0.0805. The van der Waals surface area contributed by atoms with E-state index in [1.807, 2.05) is 6.92 Å². The van der Waals surface area contributed by atoms with Crippen molar-refractivity contribution in [3.63, 3.8) is 0 Å². The number of aliphatic hydroxyl groups excluding tert-OH is 1. The lowest BCUT2D eigenvalue weighted by atomic mass is 9.93. The van der Waals surface area contributed by atoms with E-state index in [4.69, 9.17) is 0 Å². The Morgan fingerprint density at radius 1 is 1.50 bits per heavy atom. The molecule has 2 N–H and O–H groups in total. The molecule has 0 aliphatic carbocycles. The van der Waals surface area contributed by atoms with Crippen LogP contribution < -0.4 is 0 Å². The fraction of sp³-hybridized carbons (Fsp3) is 0.571. The van der Waals surface area contributed by atoms with E-state index in [2.05, 4.69) is 4.90 Å². The molecule has 1 aliphatic rings. The summed E-state index contributed by atoms with van der Waals surface area (Å²) >= 11 is 0. The Hall–Kier alpha value is -1.13. The Morgan fingerprint density at radius 2 is 2.28 bits per heavy atom. The van der Waals surface area contributed by atoms with Gasteiger partial charge in [0.25, 0.3) is 0 Å². The normalized spacial score (nSPS) is 22.9. The molecular weight excluding hydrogens is 233 g/mol. The maximum atomic E-state index is 13.1. The molecule has 0 bridgehead atoms. The lowest BCUT2D eigenvalue weighted by Crippen LogP contribution is -2.39. The average Bonchev–Trinajstić information content (AvgIpc) is 2.34. The summed E-state index contributed by atoms with van der Waals surface area (Å²) in [6.45, 7) is 4.08. The molecule has 4 heteroatoms. The Balaban J connectivity index is 2.02. The van der Waals surface area contributed by atoms with Crippen LogP contribution in [0.15, 0.2) is 18.2 Å². The van der Waals surface area contributed by atoms with Gasteiger partial charge >= 0.3 is 0 Å². The molecular formula is C14H20FNO2. The number of rotatable bonds is 3. The number of hydrogen-bond acceptors (Lipinski definition) is 3. The van der Waals surface area contributed by atoms with Crippen LogP contribution in [0.3, 0.4) is 0 Å². The van der Waals surface area contributed by atoms with Gasteiger partial charge in [-0.1, -0.05) is 0 Å². The average molecular weight is 253 g/mol. The second-order valence-electron chi connectivity index (χ2n) is 5.15. The molecule has 0 spiro atoms. The van der Waals surface area contributed by atoms with E-state index in [0.29, 0.717) is 12.1 Å². The Morgan fingerprint density at radius 3 is 3.00 bits per heavy atom. The van der Waals surface area contributed by atoms with Crippen LogP contribution in [-0.4, -0.2) is 34.3 Å². The zero-order chi connectivity index (χ0) is 13.1. The van der Waals surface area contributed by atoms with E-state index >= 15 is 0 Å². The number of piperidine rings is 1. The predicted octanol–water partition coefficient (Wildman–Crippen LogP) is 2.12. The third-order valence-corrected chi connectivity index (χ3v) is 3.66. The molecule has 1 aromatic rings. The smallest absolute Gasteiger partial charge is 0.123 e. The van der Waals surface area contributed by atoms with Crippen molar-refractivity contribution in [3.05, 3.63) is 29.6 Å². The van der Waals surface area contributed by atoms with Gasteiger partial charge < -0.3 is 10.2 Å². The molecule has 1 heterocycles. The molecule has 100 valence electrons. The Kier molecular flexibility index (Phi) is 4.19. The first kappa shape index (κ1) is 13.3. The SMILES string of the molecule is C[C@H](O)[C@H]1CCCN(Cc2cc(F)ccc2O)C1. The van der Waals surface area contributed by atoms with Crippen molar-refractivity contribution in [3.8, 4) is 5.75 Å². The number of nitrogens with zero attached hydrogens (tertiary/aromatic N) is 1. The minimum Gasteiger partial charge on any atom is -0.508 e. The highest BCUT2D eigenvalue weighted by Crippen LogP contribution is 2.24. The highest BCUT2D eigenvalue weighted by molar-refractivity contribution is 5.32. The third kappa shape index (κ3) is 3.21. The molecule has 0 amide bonds. The molecule has 0 saturated carbocycles. The summed E-state index contributed by atoms with van der Waals surface area (Å²) in [6, 6.07) is 4.02. The van der Waals surface area contributed by atoms with Crippen LogP contribution in [0.25, 0.3) is 0 Å². The maximum absolute atomic E-state index is 13.1. The van der Waals surface area contributed by atoms with Crippen LogP contribution in [0.5, 0.6) is 5.75 Å². The summed E-state index contributed by atoms with van der Waals surface area (Å²) < 4.78 is 13.1. The van der Waals surface area contributed by atoms with Gasteiger partial charge in [-0.15, -0.1) is 0 Å². The summed E-state index contributed by atoms with van der Waals surface area (Å²) in [5, 5.41) is 19.3. The Labute approximate surface area is 107 Å². The summed E-state index contributed by atoms with van der Waals surface area (Å²) in [6.07, 6.45) is 1.75. The van der Waals surface area contributed by atoms with E-state index in [1.54, 1.807) is 0 Å². The molecule has 1 saturated heterocycles. The second kappa shape index (κ2) is 5.67. The van der Waals surface area contributed by atoms with Crippen molar-refractivity contribution in [1.82, 2.24) is 4.90 Å². The van der Waals surface area contributed by atoms with Crippen molar-refractivity contribution < 1.29 is 14.6 Å². The van der Waals surface area contributed by atoms with Crippen molar-refractivity contribution in [1.29, 1.82) is 0 Å². The number of halogens is 1. The van der Waals surface area contributed by atoms with E-state index in [-0.39, 0.29) is 23.6 Å². The number of aromatic hydroxyl groups is 1. The van der Waals surface area contributed by atoms with E-state index in [9.17, 15) is 14.6 Å². The molecule has 2 atom stereocenters. The molecule has 0 unspecified atom stereocenters. The van der Waals surface area contributed by atoms with Crippen LogP contribution in [0.2, 0.25) is 0 Å². The number of hydrogen-bond donors (Lipinski definition) is 2. The van der Waals surface area contributed by atoms with E-state index in [1.165, 1.54) is 18.2 Å². The number of likely N-dealkylation sites (tertiary alicyclic amines) is 1. The fourth-order valence-corrected chi connectivity index (χ4v) is 2.55. The second-order valence-corrected chi connectivity index (χ2v) is 5.15. The van der Waals surface area contributed by atoms with Gasteiger partial charge in [0.15, 0.2) is 0 Å². The van der Waals surface area contributed by atoms with Crippen LogP contribution in [0, 0.1) is 11.7 Å². The standard InChI is InChI=1S/C14H20FNO2/c1-10(17)11-3-2-6-16(8-11)9-12-7-13(15)4-5-14(12)18/h4-5,7,10-11,17-18H,2-3,6,8-9H2,1H3/t10-,11-/m0/s1. The molecule has 1 aromatic carbocycles. The Bertz CT molecular complexity index is 409. The summed E-state index contributed by atoms with van der Waals surface area (Å²) in [5.41, 5.74) is 0.612. The monoisotopic (exact) mass is 253 g/mol. The number of phenols is 1. The van der Waals surface area contributed by atoms with Gasteiger partial charge in [0.2, 0.25) is 0 Å². The van der Waals surface area contributed by atoms with Gasteiger partial charge in [-0.3, -0.25) is 4.90 Å². The molecule has 2 rings (SSSR count). The lowest BCUT2D eigenvalue weighted by molar-refractivity contribution is 0.0596. The van der Waals surface area contributed by atoms with Crippen LogP contribution in [0.1, 0.15) is 25.3 Å². The van der Waals surface area contributed by atoms with E-state index < -0.39 is 0 Å². The first-order chi connectivity index (χ1) is 8.56. The van der Waals surface area contributed by atoms with Crippen LogP contribution in [0.4, 0.5) is 4.39 Å². The van der Waals surface area contributed by atoms with E-state index in [0.717, 1.165) is 25.9 Å². The topological polar surface area (TPSA) is 43.7 Å². The van der Waals surface area contributed by atoms with Crippen molar-refractivity contribution >= 4 is 0 Å². The first-order valence-corrected chi connectivity index (χ1v) is 6.44. The van der Waals surface area contributed by atoms with Gasteiger partial charge in [0.1, 0.15) is 11.6 Å². The van der Waals surface area contributed by atoms with Crippen molar-refractivity contribution in [2.75, 3.05) is 13.1 Å². The molecule has 0 radical (unpaired) electrons. The maximum Gasteiger partial charge on any atom is 0.123 e. The van der Waals surface area contributed by atoms with Gasteiger partial charge in [-0.2, -0.15) is 0 Å². The lowest BCUT2D eigenvalue weighted by Gasteiger charge is -2.34. The molecule has 18 heavy (non-hydrogen) atoms. The molecule has 1 fully saturated rings. The third-order valence-electron chi connectivity index (χ3n) is 3.66. The van der Waals surface area contributed by atoms with Gasteiger partial charge in [-0.05, 0) is 50.4 Å². The zero-order valence-corrected chi connectivity index (χ0v) is 10.6. The highest BCUT2D eigenvalue weighted by atomic mass is 19.1. The molecule has 3 nitrogen and oxygen atoms in total.